The van der Waals surface area contributed by atoms with Crippen LogP contribution in [0.1, 0.15) is 44.7 Å². The molecule has 1 fully saturated rings. The first-order valence-electron chi connectivity index (χ1n) is 18.8. The molecule has 2 aromatic heterocycles. The van der Waals surface area contributed by atoms with Gasteiger partial charge >= 0.3 is 18.3 Å². The van der Waals surface area contributed by atoms with E-state index in [1.54, 1.807) is 35.6 Å². The normalized spacial score (nSPS) is 15.0. The first kappa shape index (κ1) is 45.3. The summed E-state index contributed by atoms with van der Waals surface area (Å²) in [5, 5.41) is 20.2. The van der Waals surface area contributed by atoms with E-state index in [2.05, 4.69) is 15.2 Å². The summed E-state index contributed by atoms with van der Waals surface area (Å²) in [5.74, 6) is -10.1. The molecule has 2 amide bonds. The van der Waals surface area contributed by atoms with Gasteiger partial charge in [-0.05, 0) is 53.9 Å². The van der Waals surface area contributed by atoms with Crippen molar-refractivity contribution in [3.05, 3.63) is 129 Å². The summed E-state index contributed by atoms with van der Waals surface area (Å²) in [7, 11) is 0.996. The van der Waals surface area contributed by atoms with Crippen LogP contribution in [0.5, 0.6) is 11.6 Å². The lowest BCUT2D eigenvalue weighted by Crippen LogP contribution is -2.62. The van der Waals surface area contributed by atoms with Gasteiger partial charge in [0.2, 0.25) is 11.5 Å². The number of nitrogens with one attached hydrogen (secondary N) is 2. The second-order valence-corrected chi connectivity index (χ2v) is 14.3. The molecule has 0 spiro atoms. The summed E-state index contributed by atoms with van der Waals surface area (Å²) in [5.41, 5.74) is -6.93. The lowest BCUT2D eigenvalue weighted by Gasteiger charge is -2.35. The Morgan fingerprint density at radius 3 is 2.21 bits per heavy atom. The van der Waals surface area contributed by atoms with Crippen LogP contribution >= 0.6 is 0 Å². The molecule has 62 heavy (non-hydrogen) atoms. The molecule has 1 aliphatic heterocycles. The number of hydrogen-bond donors (Lipinski definition) is 3. The van der Waals surface area contributed by atoms with E-state index in [-0.39, 0.29) is 43.0 Å². The van der Waals surface area contributed by atoms with Gasteiger partial charge in [0.25, 0.3) is 17.4 Å². The van der Waals surface area contributed by atoms with Crippen LogP contribution in [0.4, 0.5) is 39.5 Å². The van der Waals surface area contributed by atoms with Gasteiger partial charge in [0, 0.05) is 62.8 Å². The van der Waals surface area contributed by atoms with Crippen LogP contribution in [-0.2, 0) is 29.5 Å². The number of carbonyl (C=O) groups excluding carboxylic acids is 2. The van der Waals surface area contributed by atoms with Gasteiger partial charge in [-0.15, -0.1) is 0 Å². The monoisotopic (exact) mass is 880 g/mol. The fraction of sp³-hybridized carbons (Fsp3) is 0.341. The summed E-state index contributed by atoms with van der Waals surface area (Å²) in [6.07, 6.45) is -10.4. The first-order valence-corrected chi connectivity index (χ1v) is 18.8. The number of benzene rings is 3. The number of carbonyl (C=O) groups is 2. The molecular weight excluding hydrogens is 843 g/mol. The van der Waals surface area contributed by atoms with Crippen LogP contribution in [0.3, 0.4) is 0 Å². The zero-order valence-electron chi connectivity index (χ0n) is 32.5. The molecule has 1 aliphatic rings. The SMILES string of the molecule is COc1ncc(C(F)(F)F)cc1CNC(=O)[C@@](O)(c1ccc(OCCCN2CCN(C(=O)c3cc(Cc4n[nH]c(=O)c5ccccc45)ccc3F)CC2)cc1)C(F)(F)C(F)(F)F. The highest BCUT2D eigenvalue weighted by Gasteiger charge is 2.73. The maximum Gasteiger partial charge on any atom is 0.457 e. The number of pyridine rings is 1. The number of amides is 2. The molecule has 21 heteroatoms. The van der Waals surface area contributed by atoms with Crippen LogP contribution in [0.2, 0.25) is 0 Å². The second-order valence-electron chi connectivity index (χ2n) is 14.3. The van der Waals surface area contributed by atoms with Gasteiger partial charge in [0.05, 0.1) is 35.9 Å². The Bertz CT molecular complexity index is 2470. The minimum atomic E-state index is -6.45. The smallest absolute Gasteiger partial charge is 0.457 e. The zero-order valence-corrected chi connectivity index (χ0v) is 32.5. The van der Waals surface area contributed by atoms with E-state index in [1.165, 1.54) is 17.0 Å². The minimum absolute atomic E-state index is 0.0178. The predicted octanol–water partition coefficient (Wildman–Crippen LogP) is 6.00. The van der Waals surface area contributed by atoms with Gasteiger partial charge in [-0.1, -0.05) is 36.4 Å². The van der Waals surface area contributed by atoms with Gasteiger partial charge in [-0.3, -0.25) is 19.3 Å². The molecule has 12 nitrogen and oxygen atoms in total. The van der Waals surface area contributed by atoms with E-state index in [9.17, 15) is 59.0 Å². The highest BCUT2D eigenvalue weighted by Crippen LogP contribution is 2.49. The minimum Gasteiger partial charge on any atom is -0.494 e. The molecule has 0 radical (unpaired) electrons. The molecule has 6 rings (SSSR count). The number of H-pyrrole nitrogens is 1. The van der Waals surface area contributed by atoms with Crippen LogP contribution in [0, 0.1) is 5.82 Å². The summed E-state index contributed by atoms with van der Waals surface area (Å²) in [6.45, 7) is 0.839. The number of aliphatic hydroxyl groups is 1. The van der Waals surface area contributed by atoms with E-state index >= 15 is 0 Å². The molecule has 1 saturated heterocycles. The van der Waals surface area contributed by atoms with Gasteiger partial charge < -0.3 is 24.8 Å². The third kappa shape index (κ3) is 9.47. The number of ether oxygens (including phenoxy) is 2. The van der Waals surface area contributed by atoms with E-state index in [1.807, 2.05) is 4.90 Å². The number of piperazine rings is 1. The molecule has 0 bridgehead atoms. The fourth-order valence-electron chi connectivity index (χ4n) is 6.89. The number of alkyl halides is 8. The first-order chi connectivity index (χ1) is 29.2. The quantitative estimate of drug-likeness (QED) is 0.0902. The average molecular weight is 881 g/mol. The molecular formula is C41H37F9N6O6. The Hall–Kier alpha value is -6.22. The molecule has 0 unspecified atom stereocenters. The predicted molar refractivity (Wildman–Crippen MR) is 203 cm³/mol. The lowest BCUT2D eigenvalue weighted by molar-refractivity contribution is -0.337. The van der Waals surface area contributed by atoms with Gasteiger partial charge in [0.15, 0.2) is 0 Å². The number of fused-ring (bicyclic) bond motifs is 1. The highest BCUT2D eigenvalue weighted by molar-refractivity contribution is 5.95. The second kappa shape index (κ2) is 18.0. The van der Waals surface area contributed by atoms with Crippen LogP contribution in [0.25, 0.3) is 10.8 Å². The zero-order chi connectivity index (χ0) is 45.0. The number of halogens is 9. The Balaban J connectivity index is 1.03. The van der Waals surface area contributed by atoms with Crippen molar-refractivity contribution in [3.63, 3.8) is 0 Å². The molecule has 0 saturated carbocycles. The molecule has 330 valence electrons. The summed E-state index contributed by atoms with van der Waals surface area (Å²) >= 11 is 0. The molecule has 3 heterocycles. The van der Waals surface area contributed by atoms with E-state index < -0.39 is 70.6 Å². The number of hydrogen-bond acceptors (Lipinski definition) is 9. The van der Waals surface area contributed by atoms with Gasteiger partial charge in [0.1, 0.15) is 11.6 Å². The average Bonchev–Trinajstić information content (AvgIpc) is 3.25. The topological polar surface area (TPSA) is 150 Å². The highest BCUT2D eigenvalue weighted by atomic mass is 19.4. The fourth-order valence-corrected chi connectivity index (χ4v) is 6.89. The van der Waals surface area contributed by atoms with Crippen LogP contribution in [0.15, 0.2) is 83.8 Å². The van der Waals surface area contributed by atoms with Crippen LogP contribution in [-0.4, -0.2) is 100 Å². The number of methoxy groups -OCH3 is 1. The standard InChI is InChI=1S/C41H37F9N6O6/c1-61-35-25(21-27(23-51-35)39(43,44)45)22-52-37(59)38(60,40(46,47)41(48,49)50)26-8-10-28(11-9-26)62-18-4-13-55-14-16-56(17-15-55)36(58)31-19-24(7-12-32(31)42)20-33-29-5-2-3-6-30(29)34(57)54-53-33/h2-3,5-12,19,21,23,60H,4,13-18,20,22H2,1H3,(H,52,59)(H,54,57)/t38-/m0/s1. The Labute approximate surface area is 346 Å². The van der Waals surface area contributed by atoms with Gasteiger partial charge in [-0.2, -0.15) is 40.2 Å². The molecule has 1 atom stereocenters. The number of nitrogens with zero attached hydrogens (tertiary/aromatic N) is 4. The summed E-state index contributed by atoms with van der Waals surface area (Å²) in [4.78, 5) is 45.5. The van der Waals surface area contributed by atoms with Crippen molar-refractivity contribution >= 4 is 22.6 Å². The maximum absolute atomic E-state index is 14.9. The van der Waals surface area contributed by atoms with Crippen molar-refractivity contribution in [2.24, 2.45) is 0 Å². The molecule has 5 aromatic rings. The lowest BCUT2D eigenvalue weighted by atomic mass is 9.85. The third-order valence-electron chi connectivity index (χ3n) is 10.3. The number of aromatic nitrogens is 3. The van der Waals surface area contributed by atoms with E-state index in [4.69, 9.17) is 9.47 Å². The van der Waals surface area contributed by atoms with Crippen molar-refractivity contribution in [1.82, 2.24) is 30.3 Å². The maximum atomic E-state index is 14.9. The Morgan fingerprint density at radius 1 is 0.887 bits per heavy atom. The third-order valence-corrected chi connectivity index (χ3v) is 10.3. The molecule has 0 aliphatic carbocycles. The van der Waals surface area contributed by atoms with Crippen molar-refractivity contribution < 1.29 is 63.7 Å². The largest absolute Gasteiger partial charge is 0.494 e. The molecule has 3 N–H and O–H groups in total. The van der Waals surface area contributed by atoms with E-state index in [0.717, 1.165) is 19.2 Å². The van der Waals surface area contributed by atoms with Gasteiger partial charge in [-0.25, -0.2) is 14.5 Å². The summed E-state index contributed by atoms with van der Waals surface area (Å²) in [6, 6.07) is 14.7. The van der Waals surface area contributed by atoms with Crippen molar-refractivity contribution in [2.45, 2.75) is 43.3 Å². The van der Waals surface area contributed by atoms with Crippen molar-refractivity contribution in [3.8, 4) is 11.6 Å². The Kier molecular flexibility index (Phi) is 13.2. The Morgan fingerprint density at radius 2 is 1.56 bits per heavy atom. The van der Waals surface area contributed by atoms with Crippen LogP contribution < -0.4 is 20.3 Å². The number of aromatic amines is 1. The van der Waals surface area contributed by atoms with E-state index in [0.29, 0.717) is 72.5 Å². The molecule has 3 aromatic carbocycles. The summed E-state index contributed by atoms with van der Waals surface area (Å²) < 4.78 is 136. The van der Waals surface area contributed by atoms with Crippen molar-refractivity contribution in [2.75, 3.05) is 46.4 Å². The van der Waals surface area contributed by atoms with Crippen molar-refractivity contribution in [1.29, 1.82) is 0 Å². The number of rotatable bonds is 14.